The van der Waals surface area contributed by atoms with E-state index in [0.717, 1.165) is 5.56 Å². The maximum absolute atomic E-state index is 12.4. The highest BCUT2D eigenvalue weighted by Gasteiger charge is 2.26. The summed E-state index contributed by atoms with van der Waals surface area (Å²) in [5.74, 6) is -1.71. The van der Waals surface area contributed by atoms with Gasteiger partial charge in [0.15, 0.2) is 5.76 Å². The zero-order valence-corrected chi connectivity index (χ0v) is 13.9. The van der Waals surface area contributed by atoms with Crippen LogP contribution >= 0.6 is 11.6 Å². The summed E-state index contributed by atoms with van der Waals surface area (Å²) in [6.07, 6.45) is 0. The molecule has 2 aromatic rings. The van der Waals surface area contributed by atoms with Crippen molar-refractivity contribution in [3.63, 3.8) is 0 Å². The standard InChI is InChI=1S/C17H18ClNO4/c1-10(12-4-6-13(18)7-5-12)11(2)19(3)16(20)14-8-9-15(23-14)17(21)22/h4-11H,1-3H3,(H,21,22). The molecule has 0 bridgehead atoms. The van der Waals surface area contributed by atoms with Crippen molar-refractivity contribution in [1.82, 2.24) is 4.90 Å². The van der Waals surface area contributed by atoms with E-state index in [1.807, 2.05) is 38.1 Å². The van der Waals surface area contributed by atoms with E-state index in [9.17, 15) is 9.59 Å². The fourth-order valence-electron chi connectivity index (χ4n) is 2.31. The molecule has 0 saturated heterocycles. The van der Waals surface area contributed by atoms with Gasteiger partial charge in [-0.2, -0.15) is 0 Å². The molecule has 5 nitrogen and oxygen atoms in total. The third-order valence-corrected chi connectivity index (χ3v) is 4.33. The minimum absolute atomic E-state index is 0.0139. The van der Waals surface area contributed by atoms with E-state index in [0.29, 0.717) is 5.02 Å². The monoisotopic (exact) mass is 335 g/mol. The quantitative estimate of drug-likeness (QED) is 0.899. The number of carboxylic acid groups (broad SMARTS) is 1. The Bertz CT molecular complexity index is 708. The lowest BCUT2D eigenvalue weighted by Crippen LogP contribution is -2.38. The van der Waals surface area contributed by atoms with E-state index in [4.69, 9.17) is 21.1 Å². The van der Waals surface area contributed by atoms with Gasteiger partial charge in [0, 0.05) is 24.0 Å². The lowest BCUT2D eigenvalue weighted by molar-refractivity contribution is 0.0643. The third kappa shape index (κ3) is 3.74. The number of likely N-dealkylation sites (N-methyl/N-ethyl adjacent to an activating group) is 1. The minimum Gasteiger partial charge on any atom is -0.475 e. The molecular weight excluding hydrogens is 318 g/mol. The third-order valence-electron chi connectivity index (χ3n) is 4.08. The van der Waals surface area contributed by atoms with Crippen LogP contribution in [0.4, 0.5) is 0 Å². The van der Waals surface area contributed by atoms with Crippen LogP contribution in [0.2, 0.25) is 5.02 Å². The lowest BCUT2D eigenvalue weighted by Gasteiger charge is -2.29. The molecule has 0 fully saturated rings. The SMILES string of the molecule is CC(c1ccc(Cl)cc1)C(C)N(C)C(=O)c1ccc(C(=O)O)o1. The number of benzene rings is 1. The first-order valence-corrected chi connectivity index (χ1v) is 7.54. The average Bonchev–Trinajstić information content (AvgIpc) is 3.03. The molecule has 1 aromatic heterocycles. The van der Waals surface area contributed by atoms with Crippen LogP contribution in [0, 0.1) is 0 Å². The number of nitrogens with zero attached hydrogens (tertiary/aromatic N) is 1. The number of halogens is 1. The highest BCUT2D eigenvalue weighted by atomic mass is 35.5. The maximum atomic E-state index is 12.4. The summed E-state index contributed by atoms with van der Waals surface area (Å²) in [5, 5.41) is 9.52. The molecule has 6 heteroatoms. The van der Waals surface area contributed by atoms with Gasteiger partial charge in [0.25, 0.3) is 5.91 Å². The molecule has 23 heavy (non-hydrogen) atoms. The molecule has 2 atom stereocenters. The van der Waals surface area contributed by atoms with E-state index in [-0.39, 0.29) is 29.4 Å². The first-order valence-electron chi connectivity index (χ1n) is 7.17. The molecule has 1 amide bonds. The van der Waals surface area contributed by atoms with Crippen LogP contribution in [-0.4, -0.2) is 35.0 Å². The van der Waals surface area contributed by atoms with Crippen molar-refractivity contribution in [1.29, 1.82) is 0 Å². The van der Waals surface area contributed by atoms with Crippen molar-refractivity contribution in [2.45, 2.75) is 25.8 Å². The fraction of sp³-hybridized carbons (Fsp3) is 0.294. The van der Waals surface area contributed by atoms with Crippen LogP contribution in [0.5, 0.6) is 0 Å². The molecular formula is C17H18ClNO4. The summed E-state index contributed by atoms with van der Waals surface area (Å²) in [5.41, 5.74) is 1.06. The molecule has 0 radical (unpaired) electrons. The van der Waals surface area contributed by atoms with Crippen molar-refractivity contribution in [3.8, 4) is 0 Å². The van der Waals surface area contributed by atoms with Crippen molar-refractivity contribution in [2.24, 2.45) is 0 Å². The van der Waals surface area contributed by atoms with Gasteiger partial charge in [0.2, 0.25) is 5.76 Å². The normalized spacial score (nSPS) is 13.4. The van der Waals surface area contributed by atoms with Gasteiger partial charge in [-0.3, -0.25) is 4.79 Å². The molecule has 1 aromatic carbocycles. The second-order valence-corrected chi connectivity index (χ2v) is 5.90. The number of hydrogen-bond donors (Lipinski definition) is 1. The second-order valence-electron chi connectivity index (χ2n) is 5.47. The first-order chi connectivity index (χ1) is 10.8. The molecule has 122 valence electrons. The van der Waals surface area contributed by atoms with Gasteiger partial charge in [-0.1, -0.05) is 30.7 Å². The summed E-state index contributed by atoms with van der Waals surface area (Å²) in [6.45, 7) is 3.95. The number of rotatable bonds is 5. The molecule has 1 N–H and O–H groups in total. The maximum Gasteiger partial charge on any atom is 0.371 e. The molecule has 2 rings (SSSR count). The van der Waals surface area contributed by atoms with Crippen LogP contribution in [-0.2, 0) is 0 Å². The summed E-state index contributed by atoms with van der Waals surface area (Å²) in [7, 11) is 1.67. The van der Waals surface area contributed by atoms with Crippen molar-refractivity contribution < 1.29 is 19.1 Å². The molecule has 0 saturated carbocycles. The molecule has 0 aliphatic carbocycles. The summed E-state index contributed by atoms with van der Waals surface area (Å²) < 4.78 is 5.07. The van der Waals surface area contributed by atoms with Gasteiger partial charge in [0.05, 0.1) is 0 Å². The average molecular weight is 336 g/mol. The molecule has 0 spiro atoms. The molecule has 0 aliphatic rings. The Kier molecular flexibility index (Phi) is 5.11. The fourth-order valence-corrected chi connectivity index (χ4v) is 2.43. The van der Waals surface area contributed by atoms with Crippen LogP contribution in [0.25, 0.3) is 0 Å². The van der Waals surface area contributed by atoms with Gasteiger partial charge in [-0.25, -0.2) is 4.79 Å². The minimum atomic E-state index is -1.20. The van der Waals surface area contributed by atoms with Crippen LogP contribution in [0.3, 0.4) is 0 Å². The van der Waals surface area contributed by atoms with Gasteiger partial charge in [0.1, 0.15) is 0 Å². The Morgan fingerprint density at radius 3 is 2.17 bits per heavy atom. The van der Waals surface area contributed by atoms with Gasteiger partial charge in [-0.05, 0) is 36.8 Å². The Labute approximate surface area is 139 Å². The van der Waals surface area contributed by atoms with Gasteiger partial charge in [-0.15, -0.1) is 0 Å². The number of carbonyl (C=O) groups is 2. The topological polar surface area (TPSA) is 70.8 Å². The van der Waals surface area contributed by atoms with E-state index >= 15 is 0 Å². The Morgan fingerprint density at radius 1 is 1.09 bits per heavy atom. The van der Waals surface area contributed by atoms with Gasteiger partial charge >= 0.3 is 5.97 Å². The predicted molar refractivity (Wildman–Crippen MR) is 87.1 cm³/mol. The van der Waals surface area contributed by atoms with E-state index in [1.54, 1.807) is 11.9 Å². The highest BCUT2D eigenvalue weighted by molar-refractivity contribution is 6.30. The summed E-state index contributed by atoms with van der Waals surface area (Å²) in [4.78, 5) is 24.8. The van der Waals surface area contributed by atoms with E-state index in [2.05, 4.69) is 0 Å². The number of furan rings is 1. The number of carboxylic acids is 1. The number of amides is 1. The van der Waals surface area contributed by atoms with Crippen molar-refractivity contribution >= 4 is 23.5 Å². The van der Waals surface area contributed by atoms with E-state index < -0.39 is 5.97 Å². The van der Waals surface area contributed by atoms with Crippen LogP contribution < -0.4 is 0 Å². The number of hydrogen-bond acceptors (Lipinski definition) is 3. The van der Waals surface area contributed by atoms with E-state index in [1.165, 1.54) is 12.1 Å². The zero-order chi connectivity index (χ0) is 17.1. The summed E-state index contributed by atoms with van der Waals surface area (Å²) in [6, 6.07) is 10.0. The Morgan fingerprint density at radius 2 is 1.65 bits per heavy atom. The van der Waals surface area contributed by atoms with Crippen molar-refractivity contribution in [3.05, 3.63) is 58.5 Å². The largest absolute Gasteiger partial charge is 0.475 e. The van der Waals surface area contributed by atoms with Gasteiger partial charge < -0.3 is 14.4 Å². The number of carbonyl (C=O) groups excluding carboxylic acids is 1. The Balaban J connectivity index is 2.14. The molecule has 0 aliphatic heterocycles. The van der Waals surface area contributed by atoms with Crippen LogP contribution in [0.1, 0.15) is 46.4 Å². The highest BCUT2D eigenvalue weighted by Crippen LogP contribution is 2.25. The smallest absolute Gasteiger partial charge is 0.371 e. The molecule has 2 unspecified atom stereocenters. The lowest BCUT2D eigenvalue weighted by atomic mass is 9.93. The van der Waals surface area contributed by atoms with Crippen LogP contribution in [0.15, 0.2) is 40.8 Å². The molecule has 1 heterocycles. The van der Waals surface area contributed by atoms with Crippen molar-refractivity contribution in [2.75, 3.05) is 7.05 Å². The number of aromatic carboxylic acids is 1. The summed E-state index contributed by atoms with van der Waals surface area (Å²) >= 11 is 5.89. The predicted octanol–water partition coefficient (Wildman–Crippen LogP) is 3.90. The second kappa shape index (κ2) is 6.87. The first kappa shape index (κ1) is 17.1. The zero-order valence-electron chi connectivity index (χ0n) is 13.1. The Hall–Kier alpha value is -2.27.